The number of hydrogen-bond acceptors (Lipinski definition) is 4. The van der Waals surface area contributed by atoms with Crippen molar-refractivity contribution in [1.29, 1.82) is 0 Å². The number of urea groups is 1. The first-order chi connectivity index (χ1) is 17.5. The summed E-state index contributed by atoms with van der Waals surface area (Å²) in [7, 11) is 0. The molecule has 6 heterocycles. The maximum atomic E-state index is 12.3. The zero-order valence-electron chi connectivity index (χ0n) is 21.7. The van der Waals surface area contributed by atoms with Crippen molar-refractivity contribution in [2.75, 3.05) is 37.6 Å². The molecule has 3 aromatic rings. The minimum Gasteiger partial charge on any atom is -0.360 e. The quantitative estimate of drug-likeness (QED) is 0.574. The van der Waals surface area contributed by atoms with E-state index < -0.39 is 0 Å². The van der Waals surface area contributed by atoms with Crippen LogP contribution >= 0.6 is 0 Å². The molecular weight excluding hydrogens is 448 g/mol. The number of nitrogens with zero attached hydrogens (tertiary/aromatic N) is 5. The van der Waals surface area contributed by atoms with Crippen molar-refractivity contribution in [2.45, 2.75) is 64.1 Å². The molecule has 36 heavy (non-hydrogen) atoms. The Bertz CT molecular complexity index is 1210. The predicted molar refractivity (Wildman–Crippen MR) is 145 cm³/mol. The van der Waals surface area contributed by atoms with Gasteiger partial charge in [0.2, 0.25) is 0 Å². The van der Waals surface area contributed by atoms with Crippen molar-refractivity contribution in [3.05, 3.63) is 54.4 Å². The van der Waals surface area contributed by atoms with Crippen LogP contribution in [-0.4, -0.2) is 76.3 Å². The van der Waals surface area contributed by atoms with Crippen molar-refractivity contribution < 1.29 is 4.79 Å². The van der Waals surface area contributed by atoms with E-state index in [-0.39, 0.29) is 6.03 Å². The lowest BCUT2D eigenvalue weighted by atomic mass is 9.86. The van der Waals surface area contributed by atoms with Gasteiger partial charge >= 0.3 is 6.03 Å². The molecular formula is C29H38N6O. The van der Waals surface area contributed by atoms with Gasteiger partial charge in [-0.15, -0.1) is 0 Å². The van der Waals surface area contributed by atoms with Crippen LogP contribution in [0.1, 0.15) is 51.5 Å². The van der Waals surface area contributed by atoms with Crippen molar-refractivity contribution in [3.8, 4) is 11.1 Å². The van der Waals surface area contributed by atoms with E-state index in [2.05, 4.69) is 76.7 Å². The monoisotopic (exact) mass is 486 g/mol. The largest absolute Gasteiger partial charge is 0.360 e. The minimum atomic E-state index is 0.0608. The number of benzene rings is 1. The van der Waals surface area contributed by atoms with Crippen LogP contribution in [0.25, 0.3) is 16.6 Å². The van der Waals surface area contributed by atoms with Gasteiger partial charge in [-0.05, 0) is 82.3 Å². The van der Waals surface area contributed by atoms with Gasteiger partial charge in [-0.25, -0.2) is 9.31 Å². The molecule has 4 aliphatic rings. The standard InChI is InChI=1S/C29H38N6O/c1-4-30-29(36)33-18-25-16-26(19-33)35(25)27-9-12-31-34-17-24(15-28(27)34)22-7-5-21(6-8-22)23-10-13-32(14-11-23)20(2)3/h5-9,12,15,17,20,23,25-26H,4,10-11,13-14,16,18-19H2,1-3H3,(H,30,36). The maximum Gasteiger partial charge on any atom is 0.317 e. The summed E-state index contributed by atoms with van der Waals surface area (Å²) in [5.41, 5.74) is 6.27. The first kappa shape index (κ1) is 23.3. The van der Waals surface area contributed by atoms with Crippen LogP contribution in [0, 0.1) is 0 Å². The fraction of sp³-hybridized carbons (Fsp3) is 0.517. The van der Waals surface area contributed by atoms with Crippen LogP contribution in [0.15, 0.2) is 48.8 Å². The van der Waals surface area contributed by atoms with Crippen molar-refractivity contribution >= 4 is 17.2 Å². The number of carbonyl (C=O) groups is 1. The van der Waals surface area contributed by atoms with Crippen molar-refractivity contribution in [2.24, 2.45) is 0 Å². The summed E-state index contributed by atoms with van der Waals surface area (Å²) in [5.74, 6) is 0.667. The Balaban J connectivity index is 1.19. The molecule has 2 bridgehead atoms. The van der Waals surface area contributed by atoms with Crippen LogP contribution in [0.4, 0.5) is 10.5 Å². The first-order valence-corrected chi connectivity index (χ1v) is 13.6. The second-order valence-corrected chi connectivity index (χ2v) is 11.0. The molecule has 4 aliphatic heterocycles. The number of piperazine rings is 1. The number of aromatic nitrogens is 2. The Hall–Kier alpha value is -3.06. The summed E-state index contributed by atoms with van der Waals surface area (Å²) in [4.78, 5) is 19.4. The van der Waals surface area contributed by atoms with Gasteiger partial charge in [-0.1, -0.05) is 24.3 Å². The van der Waals surface area contributed by atoms with E-state index in [0.29, 0.717) is 30.6 Å². The molecule has 7 heteroatoms. The van der Waals surface area contributed by atoms with Crippen LogP contribution < -0.4 is 10.2 Å². The number of anilines is 1. The molecule has 0 spiro atoms. The summed E-state index contributed by atoms with van der Waals surface area (Å²) in [5, 5.41) is 7.56. The molecule has 7 rings (SSSR count). The third-order valence-electron chi connectivity index (χ3n) is 8.55. The van der Waals surface area contributed by atoms with Gasteiger partial charge in [0.25, 0.3) is 0 Å². The molecule has 4 saturated heterocycles. The molecule has 0 radical (unpaired) electrons. The lowest BCUT2D eigenvalue weighted by molar-refractivity contribution is 0.128. The van der Waals surface area contributed by atoms with E-state index >= 15 is 0 Å². The highest BCUT2D eigenvalue weighted by Gasteiger charge is 2.46. The Morgan fingerprint density at radius 3 is 2.44 bits per heavy atom. The third-order valence-corrected chi connectivity index (χ3v) is 8.55. The molecule has 2 unspecified atom stereocenters. The molecule has 0 aliphatic carbocycles. The highest BCUT2D eigenvalue weighted by molar-refractivity contribution is 5.82. The Morgan fingerprint density at radius 1 is 1.06 bits per heavy atom. The van der Waals surface area contributed by atoms with Crippen molar-refractivity contribution in [1.82, 2.24) is 24.7 Å². The number of hydrogen-bond donors (Lipinski definition) is 1. The first-order valence-electron chi connectivity index (χ1n) is 13.6. The average Bonchev–Trinajstić information content (AvgIpc) is 3.34. The second-order valence-electron chi connectivity index (χ2n) is 11.0. The van der Waals surface area contributed by atoms with E-state index in [1.54, 1.807) is 0 Å². The molecule has 2 amide bonds. The van der Waals surface area contributed by atoms with Gasteiger partial charge < -0.3 is 20.0 Å². The van der Waals surface area contributed by atoms with Crippen LogP contribution in [0.2, 0.25) is 0 Å². The number of nitrogens with one attached hydrogen (secondary N) is 1. The molecule has 4 fully saturated rings. The number of amides is 2. The van der Waals surface area contributed by atoms with Crippen molar-refractivity contribution in [3.63, 3.8) is 0 Å². The minimum absolute atomic E-state index is 0.0608. The Morgan fingerprint density at radius 2 is 1.78 bits per heavy atom. The third kappa shape index (κ3) is 4.13. The predicted octanol–water partition coefficient (Wildman–Crippen LogP) is 4.58. The Kier molecular flexibility index (Phi) is 6.12. The molecule has 1 aromatic carbocycles. The highest BCUT2D eigenvalue weighted by Crippen LogP contribution is 2.40. The van der Waals surface area contributed by atoms with Crippen LogP contribution in [0.3, 0.4) is 0 Å². The fourth-order valence-corrected chi connectivity index (χ4v) is 6.51. The number of carbonyl (C=O) groups excluding carboxylic acids is 1. The van der Waals surface area contributed by atoms with E-state index in [0.717, 1.165) is 25.0 Å². The molecule has 0 saturated carbocycles. The molecule has 2 atom stereocenters. The summed E-state index contributed by atoms with van der Waals surface area (Å²) < 4.78 is 2.01. The van der Waals surface area contributed by atoms with Crippen LogP contribution in [-0.2, 0) is 0 Å². The van der Waals surface area contributed by atoms with Gasteiger partial charge in [-0.3, -0.25) is 0 Å². The van der Waals surface area contributed by atoms with Gasteiger partial charge in [0.05, 0.1) is 11.2 Å². The number of piperidine rings is 2. The number of likely N-dealkylation sites (tertiary alicyclic amines) is 1. The van der Waals surface area contributed by atoms with Gasteiger partial charge in [-0.2, -0.15) is 5.10 Å². The lowest BCUT2D eigenvalue weighted by Gasteiger charge is -2.57. The molecule has 1 N–H and O–H groups in total. The smallest absolute Gasteiger partial charge is 0.317 e. The summed E-state index contributed by atoms with van der Waals surface area (Å²) >= 11 is 0. The summed E-state index contributed by atoms with van der Waals surface area (Å²) in [6.45, 7) is 11.2. The molecule has 2 aromatic heterocycles. The maximum absolute atomic E-state index is 12.3. The topological polar surface area (TPSA) is 56.1 Å². The average molecular weight is 487 g/mol. The van der Waals surface area contributed by atoms with E-state index in [4.69, 9.17) is 0 Å². The SMILES string of the molecule is CCNC(=O)N1CC2CC(C1)N2c1ccnn2cc(-c3ccc(C4CCN(C(C)C)CC4)cc3)cc12. The van der Waals surface area contributed by atoms with E-state index in [1.165, 1.54) is 48.3 Å². The summed E-state index contributed by atoms with van der Waals surface area (Å²) in [6.07, 6.45) is 7.68. The second kappa shape index (κ2) is 9.43. The van der Waals surface area contributed by atoms with E-state index in [1.807, 2.05) is 22.5 Å². The Labute approximate surface area is 214 Å². The lowest BCUT2D eigenvalue weighted by Crippen LogP contribution is -2.70. The highest BCUT2D eigenvalue weighted by atomic mass is 16.2. The normalized spacial score (nSPS) is 22.8. The molecule has 190 valence electrons. The number of rotatable bonds is 5. The summed E-state index contributed by atoms with van der Waals surface area (Å²) in [6, 6.07) is 15.1. The number of fused-ring (bicyclic) bond motifs is 3. The van der Waals surface area contributed by atoms with Gasteiger partial charge in [0.15, 0.2) is 0 Å². The van der Waals surface area contributed by atoms with E-state index in [9.17, 15) is 4.79 Å². The van der Waals surface area contributed by atoms with Gasteiger partial charge in [0, 0.05) is 55.7 Å². The molecule has 7 nitrogen and oxygen atoms in total. The van der Waals surface area contributed by atoms with Gasteiger partial charge in [0.1, 0.15) is 0 Å². The van der Waals surface area contributed by atoms with Crippen LogP contribution in [0.5, 0.6) is 0 Å². The zero-order chi connectivity index (χ0) is 24.8. The zero-order valence-corrected chi connectivity index (χ0v) is 21.7. The fourth-order valence-electron chi connectivity index (χ4n) is 6.51.